The first-order valence-electron chi connectivity index (χ1n) is 11.7. The van der Waals surface area contributed by atoms with Crippen molar-refractivity contribution in [1.29, 1.82) is 0 Å². The van der Waals surface area contributed by atoms with Crippen molar-refractivity contribution in [1.82, 2.24) is 0 Å². The Morgan fingerprint density at radius 2 is 1.09 bits per heavy atom. The highest BCUT2D eigenvalue weighted by molar-refractivity contribution is 6.17. The maximum Gasteiger partial charge on any atom is 0.123 e. The van der Waals surface area contributed by atoms with E-state index in [0.717, 1.165) is 17.9 Å². The van der Waals surface area contributed by atoms with Crippen molar-refractivity contribution in [2.24, 2.45) is 0 Å². The zero-order chi connectivity index (χ0) is 21.8. The largest absolute Gasteiger partial charge is 0.496 e. The molecule has 2 bridgehead atoms. The average molecular weight is 427 g/mol. The Balaban J connectivity index is 1.38. The Hall–Kier alpha value is -3.78. The van der Waals surface area contributed by atoms with Gasteiger partial charge in [0, 0.05) is 23.0 Å². The lowest BCUT2D eigenvalue weighted by Gasteiger charge is -2.24. The van der Waals surface area contributed by atoms with E-state index in [4.69, 9.17) is 9.47 Å². The Kier molecular flexibility index (Phi) is 3.20. The van der Waals surface area contributed by atoms with Crippen molar-refractivity contribution in [2.75, 3.05) is 14.2 Å². The van der Waals surface area contributed by atoms with Crippen LogP contribution in [0.4, 0.5) is 0 Å². The van der Waals surface area contributed by atoms with Crippen molar-refractivity contribution in [2.45, 2.75) is 18.3 Å². The van der Waals surface area contributed by atoms with E-state index in [1.54, 1.807) is 14.2 Å². The molecule has 0 saturated heterocycles. The molecule has 0 N–H and O–H groups in total. The molecule has 2 atom stereocenters. The van der Waals surface area contributed by atoms with E-state index in [1.165, 1.54) is 66.1 Å². The summed E-state index contributed by atoms with van der Waals surface area (Å²) in [6.07, 6.45) is 1.11. The molecule has 0 aromatic heterocycles. The number of hydrogen-bond donors (Lipinski definition) is 0. The van der Waals surface area contributed by atoms with Crippen LogP contribution in [0.15, 0.2) is 72.8 Å². The quantitative estimate of drug-likeness (QED) is 0.283. The molecule has 2 unspecified atom stereocenters. The van der Waals surface area contributed by atoms with E-state index < -0.39 is 0 Å². The molecule has 0 saturated carbocycles. The third-order valence-electron chi connectivity index (χ3n) is 8.23. The first kappa shape index (κ1) is 17.7. The molecule has 0 amide bonds. The molecule has 0 radical (unpaired) electrons. The lowest BCUT2D eigenvalue weighted by molar-refractivity contribution is 0.395. The summed E-state index contributed by atoms with van der Waals surface area (Å²) in [5.74, 6) is 2.73. The minimum Gasteiger partial charge on any atom is -0.496 e. The molecule has 33 heavy (non-hydrogen) atoms. The predicted octanol–water partition coefficient (Wildman–Crippen LogP) is 7.64. The smallest absolute Gasteiger partial charge is 0.123 e. The van der Waals surface area contributed by atoms with Gasteiger partial charge in [-0.05, 0) is 85.6 Å². The normalized spacial score (nSPS) is 18.5. The molecule has 0 heterocycles. The molecule has 3 aliphatic rings. The number of hydrogen-bond acceptors (Lipinski definition) is 2. The number of methoxy groups -OCH3 is 2. The first-order chi connectivity index (χ1) is 16.3. The van der Waals surface area contributed by atoms with E-state index in [2.05, 4.69) is 72.8 Å². The second-order valence-corrected chi connectivity index (χ2v) is 9.57. The first-order valence-corrected chi connectivity index (χ1v) is 11.7. The van der Waals surface area contributed by atoms with Crippen LogP contribution in [-0.4, -0.2) is 14.2 Å². The Morgan fingerprint density at radius 1 is 0.576 bits per heavy atom. The highest BCUT2D eigenvalue weighted by Gasteiger charge is 2.45. The van der Waals surface area contributed by atoms with Gasteiger partial charge in [-0.3, -0.25) is 0 Å². The molecular weight excluding hydrogens is 404 g/mol. The zero-order valence-corrected chi connectivity index (χ0v) is 18.6. The maximum atomic E-state index is 5.78. The van der Waals surface area contributed by atoms with Gasteiger partial charge in [0.25, 0.3) is 0 Å². The van der Waals surface area contributed by atoms with Crippen LogP contribution >= 0.6 is 0 Å². The molecule has 5 aromatic carbocycles. The van der Waals surface area contributed by atoms with Crippen molar-refractivity contribution in [3.8, 4) is 33.8 Å². The van der Waals surface area contributed by atoms with Crippen LogP contribution in [0.3, 0.4) is 0 Å². The Morgan fingerprint density at radius 3 is 1.58 bits per heavy atom. The van der Waals surface area contributed by atoms with Crippen LogP contribution in [0.1, 0.15) is 40.5 Å². The highest BCUT2D eigenvalue weighted by atomic mass is 16.5. The second kappa shape index (κ2) is 5.96. The summed E-state index contributed by atoms with van der Waals surface area (Å²) in [6.45, 7) is 0. The molecule has 0 fully saturated rings. The van der Waals surface area contributed by atoms with Gasteiger partial charge in [0.2, 0.25) is 0 Å². The number of benzene rings is 5. The predicted molar refractivity (Wildman–Crippen MR) is 134 cm³/mol. The van der Waals surface area contributed by atoms with E-state index in [0.29, 0.717) is 11.8 Å². The van der Waals surface area contributed by atoms with Crippen molar-refractivity contribution < 1.29 is 9.47 Å². The van der Waals surface area contributed by atoms with E-state index in [-0.39, 0.29) is 0 Å². The van der Waals surface area contributed by atoms with Crippen LogP contribution in [0.2, 0.25) is 0 Å². The Bertz CT molecular complexity index is 1560. The molecule has 8 rings (SSSR count). The van der Waals surface area contributed by atoms with Crippen LogP contribution in [-0.2, 0) is 0 Å². The molecule has 3 aliphatic carbocycles. The number of rotatable bonds is 2. The fourth-order valence-corrected chi connectivity index (χ4v) is 6.93. The molecule has 2 heteroatoms. The number of ether oxygens (including phenoxy) is 2. The van der Waals surface area contributed by atoms with Crippen LogP contribution < -0.4 is 9.47 Å². The van der Waals surface area contributed by atoms with Crippen LogP contribution in [0.5, 0.6) is 11.5 Å². The van der Waals surface area contributed by atoms with E-state index in [1.807, 2.05) is 0 Å². The fourth-order valence-electron chi connectivity index (χ4n) is 6.93. The third-order valence-corrected chi connectivity index (χ3v) is 8.23. The fraction of sp³-hybridized carbons (Fsp3) is 0.161. The van der Waals surface area contributed by atoms with Gasteiger partial charge in [-0.25, -0.2) is 0 Å². The molecule has 0 aliphatic heterocycles. The lowest BCUT2D eigenvalue weighted by atomic mass is 9.83. The average Bonchev–Trinajstić information content (AvgIpc) is 3.52. The summed E-state index contributed by atoms with van der Waals surface area (Å²) in [7, 11) is 3.55. The molecule has 2 nitrogen and oxygen atoms in total. The minimum absolute atomic E-state index is 0.378. The van der Waals surface area contributed by atoms with Gasteiger partial charge >= 0.3 is 0 Å². The highest BCUT2D eigenvalue weighted by Crippen LogP contribution is 2.62. The van der Waals surface area contributed by atoms with Gasteiger partial charge in [-0.1, -0.05) is 48.5 Å². The number of fused-ring (bicyclic) bond motifs is 12. The molecule has 0 spiro atoms. The van der Waals surface area contributed by atoms with Gasteiger partial charge < -0.3 is 9.47 Å². The summed E-state index contributed by atoms with van der Waals surface area (Å²) >= 11 is 0. The van der Waals surface area contributed by atoms with Gasteiger partial charge in [-0.15, -0.1) is 0 Å². The van der Waals surface area contributed by atoms with Crippen molar-refractivity contribution in [3.05, 3.63) is 95.1 Å². The molecule has 5 aromatic rings. The summed E-state index contributed by atoms with van der Waals surface area (Å²) in [6, 6.07) is 27.2. The summed E-state index contributed by atoms with van der Waals surface area (Å²) in [5.41, 5.74) is 11.0. The van der Waals surface area contributed by atoms with Crippen molar-refractivity contribution in [3.63, 3.8) is 0 Å². The van der Waals surface area contributed by atoms with Gasteiger partial charge in [0.1, 0.15) is 11.5 Å². The lowest BCUT2D eigenvalue weighted by Crippen LogP contribution is -2.07. The van der Waals surface area contributed by atoms with Gasteiger partial charge in [0.15, 0.2) is 0 Å². The standard InChI is InChI=1S/C31H22O2/c1-32-27-9-10-28(33-2)31-26-15-25(30(27)31)23-13-17-11-21-19-7-3-5-16-6-4-8-20(29(16)19)22(21)12-18(17)14-24(23)26/h3-14,25-26H,15H2,1-2H3. The zero-order valence-electron chi connectivity index (χ0n) is 18.6. The van der Waals surface area contributed by atoms with Gasteiger partial charge in [-0.2, -0.15) is 0 Å². The summed E-state index contributed by atoms with van der Waals surface area (Å²) < 4.78 is 11.6. The Labute approximate surface area is 192 Å². The summed E-state index contributed by atoms with van der Waals surface area (Å²) in [5, 5.41) is 5.36. The molecule has 158 valence electrons. The second-order valence-electron chi connectivity index (χ2n) is 9.57. The maximum absolute atomic E-state index is 5.78. The third kappa shape index (κ3) is 2.05. The van der Waals surface area contributed by atoms with E-state index >= 15 is 0 Å². The monoisotopic (exact) mass is 426 g/mol. The minimum atomic E-state index is 0.378. The van der Waals surface area contributed by atoms with E-state index in [9.17, 15) is 0 Å². The topological polar surface area (TPSA) is 18.5 Å². The molecular formula is C31H22O2. The van der Waals surface area contributed by atoms with Gasteiger partial charge in [0.05, 0.1) is 14.2 Å². The summed E-state index contributed by atoms with van der Waals surface area (Å²) in [4.78, 5) is 0. The van der Waals surface area contributed by atoms with Crippen molar-refractivity contribution >= 4 is 21.5 Å². The van der Waals surface area contributed by atoms with Crippen LogP contribution in [0, 0.1) is 0 Å². The van der Waals surface area contributed by atoms with Crippen LogP contribution in [0.25, 0.3) is 43.8 Å². The SMILES string of the molecule is COc1ccc(OC)c2c1C1CC2c2cc3cc4c(cc3cc21)-c1cccc2cccc-4c12.